The van der Waals surface area contributed by atoms with Gasteiger partial charge in [0, 0.05) is 42.1 Å². The third-order valence-corrected chi connectivity index (χ3v) is 6.24. The predicted molar refractivity (Wildman–Crippen MR) is 123 cm³/mol. The van der Waals surface area contributed by atoms with E-state index in [2.05, 4.69) is 15.3 Å². The van der Waals surface area contributed by atoms with Gasteiger partial charge in [-0.1, -0.05) is 6.92 Å². The van der Waals surface area contributed by atoms with Gasteiger partial charge in [-0.25, -0.2) is 14.8 Å². The molecule has 168 valence electrons. The smallest absolute Gasteiger partial charge is 0.340 e. The summed E-state index contributed by atoms with van der Waals surface area (Å²) in [5.41, 5.74) is 8.16. The summed E-state index contributed by atoms with van der Waals surface area (Å²) in [4.78, 5) is 26.1. The maximum Gasteiger partial charge on any atom is 0.340 e. The molecule has 0 amide bonds. The van der Waals surface area contributed by atoms with Crippen molar-refractivity contribution < 1.29 is 14.3 Å². The number of nitrogens with zero attached hydrogens (tertiary/aromatic N) is 3. The molecule has 0 unspecified atom stereocenters. The quantitative estimate of drug-likeness (QED) is 0.579. The molecular formula is C24H29N5O3. The number of nitrogens with one attached hydrogen (secondary N) is 1. The van der Waals surface area contributed by atoms with Crippen molar-refractivity contribution in [2.75, 3.05) is 19.0 Å². The van der Waals surface area contributed by atoms with E-state index < -0.39 is 11.1 Å². The number of hydrogen-bond donors (Lipinski definition) is 2. The maximum atomic E-state index is 12.4. The maximum absolute atomic E-state index is 12.4. The Morgan fingerprint density at radius 1 is 1.22 bits per heavy atom. The molecule has 8 nitrogen and oxygen atoms in total. The lowest BCUT2D eigenvalue weighted by atomic mass is 9.84. The molecule has 2 atom stereocenters. The van der Waals surface area contributed by atoms with Crippen LogP contribution in [0.5, 0.6) is 0 Å². The minimum atomic E-state index is -0.711. The first-order valence-electron chi connectivity index (χ1n) is 10.6. The van der Waals surface area contributed by atoms with Crippen LogP contribution >= 0.6 is 0 Å². The Kier molecular flexibility index (Phi) is 5.38. The first-order chi connectivity index (χ1) is 15.0. The third kappa shape index (κ3) is 3.80. The summed E-state index contributed by atoms with van der Waals surface area (Å²) >= 11 is 0. The van der Waals surface area contributed by atoms with Crippen molar-refractivity contribution in [2.24, 2.45) is 5.73 Å². The molecule has 0 aliphatic carbocycles. The summed E-state index contributed by atoms with van der Waals surface area (Å²) in [5.74, 6) is 0.829. The van der Waals surface area contributed by atoms with E-state index in [1.54, 1.807) is 31.6 Å². The number of methoxy groups -OCH3 is 1. The summed E-state index contributed by atoms with van der Waals surface area (Å²) in [6.07, 6.45) is 3.58. The fourth-order valence-electron chi connectivity index (χ4n) is 4.06. The second-order valence-corrected chi connectivity index (χ2v) is 9.19. The number of rotatable bonds is 5. The van der Waals surface area contributed by atoms with Crippen LogP contribution in [0.15, 0.2) is 30.6 Å². The van der Waals surface area contributed by atoms with Gasteiger partial charge in [0.05, 0.1) is 23.4 Å². The van der Waals surface area contributed by atoms with E-state index in [0.29, 0.717) is 29.5 Å². The highest BCUT2D eigenvalue weighted by Crippen LogP contribution is 2.38. The van der Waals surface area contributed by atoms with E-state index in [0.717, 1.165) is 22.0 Å². The van der Waals surface area contributed by atoms with Gasteiger partial charge in [-0.15, -0.1) is 0 Å². The number of hydrogen-bond acceptors (Lipinski definition) is 8. The van der Waals surface area contributed by atoms with E-state index in [4.69, 9.17) is 20.2 Å². The standard InChI is InChI=1S/C24H29N5O3/c1-13-21-15(22(30)32-23(13,3)4)7-8-19(29-21)28-20-9-16-17(10-27-20)14(2)26-11-18(16)24(5,25)12-31-6/h7-11,13H,12,25H2,1-6H3,(H,27,28,29)/t13-,24-/m1/s1. The van der Waals surface area contributed by atoms with E-state index >= 15 is 0 Å². The zero-order valence-electron chi connectivity index (χ0n) is 19.3. The number of cyclic esters (lactones) is 1. The second-order valence-electron chi connectivity index (χ2n) is 9.19. The Morgan fingerprint density at radius 2 is 1.97 bits per heavy atom. The van der Waals surface area contributed by atoms with Gasteiger partial charge in [-0.05, 0) is 51.3 Å². The van der Waals surface area contributed by atoms with Crippen LogP contribution in [0.3, 0.4) is 0 Å². The Labute approximate surface area is 187 Å². The first kappa shape index (κ1) is 22.1. The summed E-state index contributed by atoms with van der Waals surface area (Å²) in [5, 5.41) is 5.15. The van der Waals surface area contributed by atoms with Crippen molar-refractivity contribution in [3.63, 3.8) is 0 Å². The number of ether oxygens (including phenoxy) is 2. The van der Waals surface area contributed by atoms with Crippen LogP contribution in [-0.2, 0) is 15.0 Å². The molecule has 0 aromatic carbocycles. The molecule has 0 fully saturated rings. The molecule has 3 aromatic rings. The molecule has 3 N–H and O–H groups in total. The summed E-state index contributed by atoms with van der Waals surface area (Å²) in [6, 6.07) is 5.45. The molecule has 4 rings (SSSR count). The Hall–Kier alpha value is -3.10. The van der Waals surface area contributed by atoms with Gasteiger partial charge in [0.1, 0.15) is 17.2 Å². The molecule has 0 saturated carbocycles. The number of fused-ring (bicyclic) bond motifs is 2. The Balaban J connectivity index is 1.75. The van der Waals surface area contributed by atoms with Gasteiger partial charge in [0.2, 0.25) is 0 Å². The number of aromatic nitrogens is 3. The van der Waals surface area contributed by atoms with Gasteiger partial charge in [0.25, 0.3) is 0 Å². The van der Waals surface area contributed by atoms with Crippen LogP contribution in [0.4, 0.5) is 11.6 Å². The second kappa shape index (κ2) is 7.79. The predicted octanol–water partition coefficient (Wildman–Crippen LogP) is 3.95. The molecule has 4 heterocycles. The minimum Gasteiger partial charge on any atom is -0.455 e. The molecule has 32 heavy (non-hydrogen) atoms. The molecule has 0 spiro atoms. The molecule has 3 aromatic heterocycles. The fourth-order valence-corrected chi connectivity index (χ4v) is 4.06. The zero-order valence-corrected chi connectivity index (χ0v) is 19.3. The Morgan fingerprint density at radius 3 is 2.69 bits per heavy atom. The number of carbonyl (C=O) groups is 1. The number of aryl methyl sites for hydroxylation is 1. The molecule has 0 saturated heterocycles. The number of anilines is 2. The van der Waals surface area contributed by atoms with Crippen molar-refractivity contribution in [1.82, 2.24) is 15.0 Å². The monoisotopic (exact) mass is 435 g/mol. The molecule has 0 radical (unpaired) electrons. The minimum absolute atomic E-state index is 0.0474. The van der Waals surface area contributed by atoms with Crippen LogP contribution in [-0.4, -0.2) is 40.2 Å². The van der Waals surface area contributed by atoms with Gasteiger partial charge in [0.15, 0.2) is 0 Å². The van der Waals surface area contributed by atoms with E-state index in [9.17, 15) is 4.79 Å². The summed E-state index contributed by atoms with van der Waals surface area (Å²) in [7, 11) is 1.63. The lowest BCUT2D eigenvalue weighted by Gasteiger charge is -2.36. The molecule has 1 aliphatic heterocycles. The van der Waals surface area contributed by atoms with Crippen LogP contribution in [0.1, 0.15) is 60.9 Å². The lowest BCUT2D eigenvalue weighted by molar-refractivity contribution is -0.0189. The van der Waals surface area contributed by atoms with Crippen molar-refractivity contribution in [3.05, 3.63) is 53.1 Å². The third-order valence-electron chi connectivity index (χ3n) is 6.24. The highest BCUT2D eigenvalue weighted by Gasteiger charge is 2.40. The highest BCUT2D eigenvalue weighted by molar-refractivity contribution is 5.93. The van der Waals surface area contributed by atoms with Gasteiger partial charge in [-0.2, -0.15) is 0 Å². The van der Waals surface area contributed by atoms with E-state index in [1.165, 1.54) is 0 Å². The van der Waals surface area contributed by atoms with Crippen molar-refractivity contribution in [1.29, 1.82) is 0 Å². The van der Waals surface area contributed by atoms with E-state index in [-0.39, 0.29) is 11.9 Å². The average molecular weight is 436 g/mol. The number of carbonyl (C=O) groups excluding carboxylic acids is 1. The largest absolute Gasteiger partial charge is 0.455 e. The van der Waals surface area contributed by atoms with Crippen LogP contribution in [0, 0.1) is 6.92 Å². The van der Waals surface area contributed by atoms with Crippen molar-refractivity contribution in [2.45, 2.75) is 51.7 Å². The van der Waals surface area contributed by atoms with E-state index in [1.807, 2.05) is 40.7 Å². The van der Waals surface area contributed by atoms with Crippen molar-refractivity contribution in [3.8, 4) is 0 Å². The Bertz CT molecular complexity index is 1210. The van der Waals surface area contributed by atoms with Gasteiger partial charge < -0.3 is 20.5 Å². The van der Waals surface area contributed by atoms with Gasteiger partial charge in [-0.3, -0.25) is 4.98 Å². The SMILES string of the molecule is COC[C@@](C)(N)c1cnc(C)c2cnc(Nc3ccc4c(n3)[C@@H](C)C(C)(C)OC4=O)cc12. The van der Waals surface area contributed by atoms with Crippen molar-refractivity contribution >= 4 is 28.4 Å². The molecule has 1 aliphatic rings. The molecule has 8 heteroatoms. The number of nitrogens with two attached hydrogens (primary N) is 1. The lowest BCUT2D eigenvalue weighted by Crippen LogP contribution is -2.39. The zero-order chi connectivity index (χ0) is 23.3. The number of pyridine rings is 3. The number of esters is 1. The fraction of sp³-hybridized carbons (Fsp3) is 0.417. The first-order valence-corrected chi connectivity index (χ1v) is 10.6. The average Bonchev–Trinajstić information content (AvgIpc) is 2.72. The van der Waals surface area contributed by atoms with Crippen LogP contribution in [0.2, 0.25) is 0 Å². The summed E-state index contributed by atoms with van der Waals surface area (Å²) < 4.78 is 10.9. The van der Waals surface area contributed by atoms with Gasteiger partial charge >= 0.3 is 5.97 Å². The van der Waals surface area contributed by atoms with Crippen LogP contribution in [0.25, 0.3) is 10.8 Å². The molecule has 0 bridgehead atoms. The topological polar surface area (TPSA) is 112 Å². The molecular weight excluding hydrogens is 406 g/mol. The highest BCUT2D eigenvalue weighted by atomic mass is 16.6. The summed E-state index contributed by atoms with van der Waals surface area (Å²) in [6.45, 7) is 10.0. The van der Waals surface area contributed by atoms with Crippen LogP contribution < -0.4 is 11.1 Å². The normalized spacial score (nSPS) is 19.2.